The molecule has 1 unspecified atom stereocenters. The molecule has 0 bridgehead atoms. The minimum absolute atomic E-state index is 0.0181. The number of alkyl halides is 1. The maximum atomic E-state index is 11.5. The molecule has 0 aromatic rings. The Kier molecular flexibility index (Phi) is 5.95. The Hall–Kier alpha value is -0.580. The second-order valence-corrected chi connectivity index (χ2v) is 5.80. The number of halogens is 1. The average Bonchev–Trinajstić information content (AvgIpc) is 2.30. The highest BCUT2D eigenvalue weighted by molar-refractivity contribution is 9.10. The van der Waals surface area contributed by atoms with Crippen LogP contribution in [0.15, 0.2) is 0 Å². The topological polar surface area (TPSA) is 55.4 Å². The van der Waals surface area contributed by atoms with Crippen molar-refractivity contribution >= 4 is 27.8 Å². The molecule has 98 valence electrons. The van der Waals surface area contributed by atoms with Crippen LogP contribution in [0.2, 0.25) is 0 Å². The number of rotatable bonds is 4. The summed E-state index contributed by atoms with van der Waals surface area (Å²) in [6, 6.07) is 0.202. The molecule has 1 rings (SSSR count). The van der Waals surface area contributed by atoms with E-state index in [4.69, 9.17) is 4.74 Å². The lowest BCUT2D eigenvalue weighted by atomic mass is 9.86. The lowest BCUT2D eigenvalue weighted by Crippen LogP contribution is -2.41. The number of carbonyl (C=O) groups is 2. The molecule has 0 aromatic carbocycles. The van der Waals surface area contributed by atoms with Gasteiger partial charge in [0.15, 0.2) is 0 Å². The molecule has 1 amide bonds. The van der Waals surface area contributed by atoms with Gasteiger partial charge in [0.2, 0.25) is 5.91 Å². The van der Waals surface area contributed by atoms with Gasteiger partial charge in [0.25, 0.3) is 0 Å². The molecule has 1 atom stereocenters. The fraction of sp³-hybridized carbons (Fsp3) is 0.833. The third-order valence-electron chi connectivity index (χ3n) is 3.05. The van der Waals surface area contributed by atoms with Gasteiger partial charge >= 0.3 is 5.97 Å². The van der Waals surface area contributed by atoms with Crippen molar-refractivity contribution in [3.8, 4) is 0 Å². The Labute approximate surface area is 111 Å². The number of nitrogens with one attached hydrogen (secondary N) is 1. The summed E-state index contributed by atoms with van der Waals surface area (Å²) < 4.78 is 5.00. The molecule has 1 aliphatic carbocycles. The van der Waals surface area contributed by atoms with Crippen LogP contribution in [0.25, 0.3) is 0 Å². The molecule has 4 nitrogen and oxygen atoms in total. The lowest BCUT2D eigenvalue weighted by Gasteiger charge is -2.28. The second-order valence-electron chi connectivity index (χ2n) is 4.43. The molecule has 1 N–H and O–H groups in total. The van der Waals surface area contributed by atoms with E-state index in [2.05, 4.69) is 21.2 Å². The van der Waals surface area contributed by atoms with Crippen molar-refractivity contribution in [1.82, 2.24) is 5.32 Å². The zero-order valence-corrected chi connectivity index (χ0v) is 12.0. The van der Waals surface area contributed by atoms with Gasteiger partial charge in [-0.05, 0) is 39.5 Å². The summed E-state index contributed by atoms with van der Waals surface area (Å²) in [6.07, 6.45) is 3.32. The number of hydrogen-bond donors (Lipinski definition) is 1. The monoisotopic (exact) mass is 305 g/mol. The molecule has 0 saturated heterocycles. The van der Waals surface area contributed by atoms with E-state index in [1.165, 1.54) is 0 Å². The largest absolute Gasteiger partial charge is 0.466 e. The third kappa shape index (κ3) is 4.66. The molecule has 1 saturated carbocycles. The standard InChI is InChI=1S/C12H20BrNO3/c1-3-17-12(16)9-4-6-10(7-5-9)14-11(15)8(2)13/h8-10H,3-7H2,1-2H3,(H,14,15). The number of amides is 1. The smallest absolute Gasteiger partial charge is 0.308 e. The zero-order valence-electron chi connectivity index (χ0n) is 10.4. The van der Waals surface area contributed by atoms with Crippen LogP contribution < -0.4 is 5.32 Å². The molecule has 0 radical (unpaired) electrons. The predicted octanol–water partition coefficient (Wildman–Crippen LogP) is 2.01. The molecule has 1 aliphatic rings. The Morgan fingerprint density at radius 3 is 2.41 bits per heavy atom. The van der Waals surface area contributed by atoms with Gasteiger partial charge in [0, 0.05) is 6.04 Å². The van der Waals surface area contributed by atoms with Gasteiger partial charge < -0.3 is 10.1 Å². The number of esters is 1. The highest BCUT2D eigenvalue weighted by atomic mass is 79.9. The Bertz CT molecular complexity index is 273. The summed E-state index contributed by atoms with van der Waals surface area (Å²) in [5.74, 6) is -0.0554. The van der Waals surface area contributed by atoms with Crippen LogP contribution in [-0.4, -0.2) is 29.4 Å². The minimum atomic E-state index is -0.162. The normalized spacial score (nSPS) is 26.1. The van der Waals surface area contributed by atoms with Crippen LogP contribution in [0.1, 0.15) is 39.5 Å². The van der Waals surface area contributed by atoms with Crippen LogP contribution in [0.4, 0.5) is 0 Å². The Morgan fingerprint density at radius 1 is 1.35 bits per heavy atom. The molecule has 1 fully saturated rings. The summed E-state index contributed by atoms with van der Waals surface area (Å²) in [5.41, 5.74) is 0. The molecular formula is C12H20BrNO3. The van der Waals surface area contributed by atoms with Gasteiger partial charge in [0.1, 0.15) is 0 Å². The van der Waals surface area contributed by atoms with E-state index in [0.29, 0.717) is 6.61 Å². The first-order valence-corrected chi connectivity index (χ1v) is 7.07. The van der Waals surface area contributed by atoms with Gasteiger partial charge in [-0.3, -0.25) is 9.59 Å². The van der Waals surface area contributed by atoms with Crippen LogP contribution in [0, 0.1) is 5.92 Å². The summed E-state index contributed by atoms with van der Waals surface area (Å²) in [4.78, 5) is 22.8. The molecule has 0 heterocycles. The van der Waals surface area contributed by atoms with Crippen molar-refractivity contribution in [2.45, 2.75) is 50.4 Å². The fourth-order valence-corrected chi connectivity index (χ4v) is 2.18. The molecular weight excluding hydrogens is 286 g/mol. The number of hydrogen-bond acceptors (Lipinski definition) is 3. The van der Waals surface area contributed by atoms with Gasteiger partial charge in [-0.15, -0.1) is 0 Å². The van der Waals surface area contributed by atoms with Gasteiger partial charge in [-0.25, -0.2) is 0 Å². The van der Waals surface area contributed by atoms with Gasteiger partial charge in [-0.1, -0.05) is 15.9 Å². The number of carbonyl (C=O) groups excluding carboxylic acids is 2. The molecule has 5 heteroatoms. The first-order valence-electron chi connectivity index (χ1n) is 6.15. The maximum Gasteiger partial charge on any atom is 0.308 e. The summed E-state index contributed by atoms with van der Waals surface area (Å²) >= 11 is 3.24. The van der Waals surface area contributed by atoms with E-state index in [9.17, 15) is 9.59 Å². The SMILES string of the molecule is CCOC(=O)C1CCC(NC(=O)C(C)Br)CC1. The average molecular weight is 306 g/mol. The molecule has 0 aliphatic heterocycles. The summed E-state index contributed by atoms with van der Waals surface area (Å²) in [5, 5.41) is 2.97. The maximum absolute atomic E-state index is 11.5. The van der Waals surface area contributed by atoms with Crippen molar-refractivity contribution in [1.29, 1.82) is 0 Å². The van der Waals surface area contributed by atoms with Gasteiger partial charge in [0.05, 0.1) is 17.4 Å². The first-order chi connectivity index (χ1) is 8.04. The van der Waals surface area contributed by atoms with Crippen LogP contribution in [0.5, 0.6) is 0 Å². The summed E-state index contributed by atoms with van der Waals surface area (Å²) in [6.45, 7) is 4.07. The Balaban J connectivity index is 2.31. The first kappa shape index (κ1) is 14.5. The summed E-state index contributed by atoms with van der Waals surface area (Å²) in [7, 11) is 0. The van der Waals surface area contributed by atoms with Crippen LogP contribution in [0.3, 0.4) is 0 Å². The van der Waals surface area contributed by atoms with E-state index in [-0.39, 0.29) is 28.7 Å². The quantitative estimate of drug-likeness (QED) is 0.638. The highest BCUT2D eigenvalue weighted by Gasteiger charge is 2.28. The zero-order chi connectivity index (χ0) is 12.8. The molecule has 17 heavy (non-hydrogen) atoms. The van der Waals surface area contributed by atoms with E-state index >= 15 is 0 Å². The third-order valence-corrected chi connectivity index (χ3v) is 3.47. The molecule has 0 spiro atoms. The van der Waals surface area contributed by atoms with E-state index in [1.54, 1.807) is 6.92 Å². The second kappa shape index (κ2) is 6.99. The van der Waals surface area contributed by atoms with Crippen molar-refractivity contribution in [2.75, 3.05) is 6.61 Å². The van der Waals surface area contributed by atoms with Crippen molar-refractivity contribution < 1.29 is 14.3 Å². The van der Waals surface area contributed by atoms with Crippen molar-refractivity contribution in [2.24, 2.45) is 5.92 Å². The number of ether oxygens (including phenoxy) is 1. The fourth-order valence-electron chi connectivity index (χ4n) is 2.05. The minimum Gasteiger partial charge on any atom is -0.466 e. The predicted molar refractivity (Wildman–Crippen MR) is 68.9 cm³/mol. The van der Waals surface area contributed by atoms with Crippen molar-refractivity contribution in [3.63, 3.8) is 0 Å². The Morgan fingerprint density at radius 2 is 1.94 bits per heavy atom. The molecule has 0 aromatic heterocycles. The lowest BCUT2D eigenvalue weighted by molar-refractivity contribution is -0.149. The van der Waals surface area contributed by atoms with Crippen LogP contribution >= 0.6 is 15.9 Å². The van der Waals surface area contributed by atoms with Crippen LogP contribution in [-0.2, 0) is 14.3 Å². The van der Waals surface area contributed by atoms with Gasteiger partial charge in [-0.2, -0.15) is 0 Å². The highest BCUT2D eigenvalue weighted by Crippen LogP contribution is 2.25. The van der Waals surface area contributed by atoms with E-state index in [0.717, 1.165) is 25.7 Å². The van der Waals surface area contributed by atoms with E-state index in [1.807, 2.05) is 6.92 Å². The van der Waals surface area contributed by atoms with Crippen molar-refractivity contribution in [3.05, 3.63) is 0 Å². The van der Waals surface area contributed by atoms with E-state index < -0.39 is 0 Å².